The molecule has 0 saturated carbocycles. The van der Waals surface area contributed by atoms with Crippen LogP contribution in [0.4, 0.5) is 0 Å². The molecule has 0 bridgehead atoms. The Morgan fingerprint density at radius 2 is 1.62 bits per heavy atom. The van der Waals surface area contributed by atoms with E-state index in [2.05, 4.69) is 9.97 Å². The second kappa shape index (κ2) is 5.62. The zero-order valence-corrected chi connectivity index (χ0v) is 13.8. The van der Waals surface area contributed by atoms with Crippen LogP contribution in [0.25, 0.3) is 22.3 Å². The highest BCUT2D eigenvalue weighted by Crippen LogP contribution is 2.33. The maximum Gasteiger partial charge on any atom is 0.161 e. The number of aromatic nitrogens is 2. The van der Waals surface area contributed by atoms with Gasteiger partial charge in [0.2, 0.25) is 0 Å². The highest BCUT2D eigenvalue weighted by molar-refractivity contribution is 6.41. The van der Waals surface area contributed by atoms with Gasteiger partial charge in [0.25, 0.3) is 0 Å². The van der Waals surface area contributed by atoms with E-state index >= 15 is 0 Å². The largest absolute Gasteiger partial charge is 0.226 e. The molecule has 0 radical (unpaired) electrons. The molecule has 0 amide bonds. The Morgan fingerprint density at radius 1 is 0.857 bits per heavy atom. The molecule has 0 aliphatic rings. The van der Waals surface area contributed by atoms with Gasteiger partial charge in [-0.3, -0.25) is 0 Å². The molecule has 1 heterocycles. The van der Waals surface area contributed by atoms with Crippen molar-refractivity contribution in [1.29, 1.82) is 0 Å². The molecular weight excluding hydrogens is 350 g/mol. The molecule has 106 valence electrons. The third-order valence-electron chi connectivity index (χ3n) is 3.10. The Hall–Kier alpha value is -1.06. The molecular formula is C15H8Cl4N2. The van der Waals surface area contributed by atoms with Crippen LogP contribution in [0.2, 0.25) is 20.2 Å². The normalized spacial score (nSPS) is 11.1. The summed E-state index contributed by atoms with van der Waals surface area (Å²) in [5.74, 6) is 0.505. The fourth-order valence-corrected chi connectivity index (χ4v) is 3.11. The van der Waals surface area contributed by atoms with Gasteiger partial charge in [0.15, 0.2) is 5.82 Å². The van der Waals surface area contributed by atoms with E-state index in [4.69, 9.17) is 46.4 Å². The van der Waals surface area contributed by atoms with Crippen LogP contribution in [-0.4, -0.2) is 9.97 Å². The number of benzene rings is 2. The maximum atomic E-state index is 6.25. The highest BCUT2D eigenvalue weighted by Gasteiger charge is 2.13. The quantitative estimate of drug-likeness (QED) is 0.483. The lowest BCUT2D eigenvalue weighted by molar-refractivity contribution is 1.21. The molecule has 21 heavy (non-hydrogen) atoms. The van der Waals surface area contributed by atoms with Crippen LogP contribution in [0.3, 0.4) is 0 Å². The van der Waals surface area contributed by atoms with E-state index in [9.17, 15) is 0 Å². The average molecular weight is 358 g/mol. The molecule has 0 fully saturated rings. The van der Waals surface area contributed by atoms with Crippen molar-refractivity contribution in [1.82, 2.24) is 9.97 Å². The minimum absolute atomic E-state index is 0.314. The smallest absolute Gasteiger partial charge is 0.161 e. The van der Waals surface area contributed by atoms with E-state index in [1.165, 1.54) is 0 Å². The van der Waals surface area contributed by atoms with Crippen molar-refractivity contribution in [3.05, 3.63) is 56.1 Å². The summed E-state index contributed by atoms with van der Waals surface area (Å²) in [4.78, 5) is 8.85. The molecule has 0 atom stereocenters. The molecule has 1 aromatic heterocycles. The summed E-state index contributed by atoms with van der Waals surface area (Å²) in [5.41, 5.74) is 2.39. The summed E-state index contributed by atoms with van der Waals surface area (Å²) in [6.07, 6.45) is 0. The standard InChI is InChI=1S/C15H8Cl4N2/c1-7-4-8(16)2-3-10(7)15-20-13-11(14(19)21-15)5-9(17)6-12(13)18/h2-6H,1H3. The number of fused-ring (bicyclic) bond motifs is 1. The van der Waals surface area contributed by atoms with Crippen LogP contribution in [0, 0.1) is 6.92 Å². The van der Waals surface area contributed by atoms with E-state index in [1.807, 2.05) is 19.1 Å². The van der Waals surface area contributed by atoms with Crippen molar-refractivity contribution < 1.29 is 0 Å². The molecule has 3 rings (SSSR count). The Balaban J connectivity index is 2.30. The zero-order chi connectivity index (χ0) is 15.1. The minimum Gasteiger partial charge on any atom is -0.226 e. The zero-order valence-electron chi connectivity index (χ0n) is 10.8. The lowest BCUT2D eigenvalue weighted by Gasteiger charge is -2.09. The summed E-state index contributed by atoms with van der Waals surface area (Å²) in [6.45, 7) is 1.94. The van der Waals surface area contributed by atoms with Crippen LogP contribution in [0.5, 0.6) is 0 Å². The van der Waals surface area contributed by atoms with Gasteiger partial charge in [0.1, 0.15) is 5.15 Å². The Kier molecular flexibility index (Phi) is 3.98. The Labute approximate surface area is 141 Å². The summed E-state index contributed by atoms with van der Waals surface area (Å²) < 4.78 is 0. The van der Waals surface area contributed by atoms with Crippen molar-refractivity contribution in [2.24, 2.45) is 0 Å². The van der Waals surface area contributed by atoms with Crippen molar-refractivity contribution in [3.63, 3.8) is 0 Å². The highest BCUT2D eigenvalue weighted by atomic mass is 35.5. The summed E-state index contributed by atoms with van der Waals surface area (Å²) in [7, 11) is 0. The minimum atomic E-state index is 0.314. The molecule has 0 spiro atoms. The van der Waals surface area contributed by atoms with Gasteiger partial charge in [-0.05, 0) is 42.8 Å². The Bertz CT molecular complexity index is 862. The lowest BCUT2D eigenvalue weighted by atomic mass is 10.1. The van der Waals surface area contributed by atoms with Gasteiger partial charge >= 0.3 is 0 Å². The van der Waals surface area contributed by atoms with Gasteiger partial charge < -0.3 is 0 Å². The van der Waals surface area contributed by atoms with Crippen LogP contribution >= 0.6 is 46.4 Å². The van der Waals surface area contributed by atoms with Crippen LogP contribution in [-0.2, 0) is 0 Å². The number of hydrogen-bond donors (Lipinski definition) is 0. The topological polar surface area (TPSA) is 25.8 Å². The fourth-order valence-electron chi connectivity index (χ4n) is 2.12. The molecule has 0 saturated heterocycles. The summed E-state index contributed by atoms with van der Waals surface area (Å²) >= 11 is 24.4. The lowest BCUT2D eigenvalue weighted by Crippen LogP contribution is -1.94. The van der Waals surface area contributed by atoms with Crippen molar-refractivity contribution in [2.75, 3.05) is 0 Å². The number of aryl methyl sites for hydroxylation is 1. The van der Waals surface area contributed by atoms with Crippen LogP contribution in [0.1, 0.15) is 5.56 Å². The van der Waals surface area contributed by atoms with E-state index in [1.54, 1.807) is 18.2 Å². The second-order valence-electron chi connectivity index (χ2n) is 4.58. The average Bonchev–Trinajstić information content (AvgIpc) is 2.40. The van der Waals surface area contributed by atoms with Crippen LogP contribution < -0.4 is 0 Å². The number of hydrogen-bond acceptors (Lipinski definition) is 2. The fraction of sp³-hybridized carbons (Fsp3) is 0.0667. The molecule has 0 unspecified atom stereocenters. The van der Waals surface area contributed by atoms with Gasteiger partial charge in [-0.1, -0.05) is 46.4 Å². The van der Waals surface area contributed by atoms with Gasteiger partial charge in [-0.2, -0.15) is 0 Å². The monoisotopic (exact) mass is 356 g/mol. The molecule has 3 aromatic rings. The first kappa shape index (κ1) is 14.9. The number of nitrogens with zero attached hydrogens (tertiary/aromatic N) is 2. The predicted molar refractivity (Wildman–Crippen MR) is 89.8 cm³/mol. The maximum absolute atomic E-state index is 6.25. The number of halogens is 4. The summed E-state index contributed by atoms with van der Waals surface area (Å²) in [5, 5.41) is 2.54. The molecule has 2 aromatic carbocycles. The number of rotatable bonds is 1. The molecule has 0 aliphatic carbocycles. The van der Waals surface area contributed by atoms with E-state index in [-0.39, 0.29) is 0 Å². The third-order valence-corrected chi connectivity index (χ3v) is 4.13. The van der Waals surface area contributed by atoms with E-state index < -0.39 is 0 Å². The first-order valence-corrected chi connectivity index (χ1v) is 7.55. The molecule has 0 N–H and O–H groups in total. The Morgan fingerprint density at radius 3 is 2.33 bits per heavy atom. The van der Waals surface area contributed by atoms with Gasteiger partial charge in [-0.15, -0.1) is 0 Å². The third kappa shape index (κ3) is 2.82. The SMILES string of the molecule is Cc1cc(Cl)ccc1-c1nc(Cl)c2cc(Cl)cc(Cl)c2n1. The van der Waals surface area contributed by atoms with Crippen molar-refractivity contribution >= 4 is 57.3 Å². The van der Waals surface area contributed by atoms with E-state index in [0.29, 0.717) is 36.9 Å². The summed E-state index contributed by atoms with van der Waals surface area (Å²) in [6, 6.07) is 8.83. The van der Waals surface area contributed by atoms with Gasteiger partial charge in [-0.25, -0.2) is 9.97 Å². The molecule has 2 nitrogen and oxygen atoms in total. The van der Waals surface area contributed by atoms with Crippen molar-refractivity contribution in [2.45, 2.75) is 6.92 Å². The second-order valence-corrected chi connectivity index (χ2v) is 6.22. The van der Waals surface area contributed by atoms with Crippen molar-refractivity contribution in [3.8, 4) is 11.4 Å². The van der Waals surface area contributed by atoms with E-state index in [0.717, 1.165) is 11.1 Å². The first-order chi connectivity index (χ1) is 9.95. The predicted octanol–water partition coefficient (Wildman–Crippen LogP) is 6.22. The van der Waals surface area contributed by atoms with Gasteiger partial charge in [0.05, 0.1) is 10.5 Å². The molecule has 6 heteroatoms. The molecule has 0 aliphatic heterocycles. The van der Waals surface area contributed by atoms with Gasteiger partial charge in [0, 0.05) is 21.0 Å². The van der Waals surface area contributed by atoms with Crippen LogP contribution in [0.15, 0.2) is 30.3 Å². The first-order valence-electron chi connectivity index (χ1n) is 6.04.